The molecular weight excluding hydrogens is 572 g/mol. The molecule has 1 aliphatic rings. The van der Waals surface area contributed by atoms with Crippen LogP contribution in [0.3, 0.4) is 0 Å². The van der Waals surface area contributed by atoms with Gasteiger partial charge < -0.3 is 9.64 Å². The number of nitrogens with zero attached hydrogens (tertiary/aromatic N) is 6. The Hall–Kier alpha value is -4.38. The van der Waals surface area contributed by atoms with Gasteiger partial charge in [-0.05, 0) is 60.5 Å². The first-order valence-electron chi connectivity index (χ1n) is 14.8. The van der Waals surface area contributed by atoms with Crippen LogP contribution in [-0.2, 0) is 23.1 Å². The van der Waals surface area contributed by atoms with Crippen molar-refractivity contribution in [2.75, 3.05) is 44.7 Å². The van der Waals surface area contributed by atoms with Crippen molar-refractivity contribution in [3.63, 3.8) is 0 Å². The minimum absolute atomic E-state index is 0.293. The monoisotopic (exact) mass is 608 g/mol. The maximum Gasteiger partial charge on any atom is 0.243 e. The van der Waals surface area contributed by atoms with E-state index >= 15 is 0 Å². The van der Waals surface area contributed by atoms with Gasteiger partial charge >= 0.3 is 0 Å². The summed E-state index contributed by atoms with van der Waals surface area (Å²) in [4.78, 5) is 17.9. The van der Waals surface area contributed by atoms with Gasteiger partial charge in [-0.1, -0.05) is 36.4 Å². The van der Waals surface area contributed by atoms with Gasteiger partial charge in [-0.25, -0.2) is 13.4 Å². The molecule has 226 valence electrons. The van der Waals surface area contributed by atoms with Crippen LogP contribution < -0.4 is 9.64 Å². The second-order valence-electron chi connectivity index (χ2n) is 11.0. The van der Waals surface area contributed by atoms with Crippen LogP contribution in [0.5, 0.6) is 5.75 Å². The molecule has 44 heavy (non-hydrogen) atoms. The zero-order chi connectivity index (χ0) is 30.4. The van der Waals surface area contributed by atoms with Gasteiger partial charge in [-0.15, -0.1) is 0 Å². The predicted molar refractivity (Wildman–Crippen MR) is 172 cm³/mol. The molecule has 1 atom stereocenters. The van der Waals surface area contributed by atoms with Crippen LogP contribution in [0, 0.1) is 0 Å². The molecule has 6 rings (SSSR count). The fourth-order valence-corrected chi connectivity index (χ4v) is 7.17. The lowest BCUT2D eigenvalue weighted by molar-refractivity contribution is 0.200. The van der Waals surface area contributed by atoms with E-state index in [9.17, 15) is 8.42 Å². The van der Waals surface area contributed by atoms with Crippen molar-refractivity contribution in [1.29, 1.82) is 0 Å². The van der Waals surface area contributed by atoms with E-state index < -0.39 is 10.0 Å². The summed E-state index contributed by atoms with van der Waals surface area (Å²) in [6.07, 6.45) is 7.46. The molecule has 2 aromatic carbocycles. The van der Waals surface area contributed by atoms with Crippen LogP contribution >= 0.6 is 0 Å². The van der Waals surface area contributed by atoms with Gasteiger partial charge in [0.2, 0.25) is 10.0 Å². The molecule has 9 nitrogen and oxygen atoms in total. The van der Waals surface area contributed by atoms with Gasteiger partial charge in [0.15, 0.2) is 0 Å². The lowest BCUT2D eigenvalue weighted by Gasteiger charge is -2.38. The first-order chi connectivity index (χ1) is 21.5. The Morgan fingerprint density at radius 2 is 1.61 bits per heavy atom. The number of hydrogen-bond donors (Lipinski definition) is 0. The standard InChI is InChI=1S/C34H36N6O3S/c1-38(44(41,42)33-9-6-7-28-24-35-18-15-32(28)33)30(25-39-19-21-40(22-20-39)34-10-3-5-17-37-34)23-27-11-13-31(14-12-27)43-26-29-8-2-4-16-36-29/h2-18,24,30H,19-23,25-26H2,1H3. The van der Waals surface area contributed by atoms with Crippen LogP contribution in [0.1, 0.15) is 11.3 Å². The van der Waals surface area contributed by atoms with Gasteiger partial charge in [0, 0.05) is 81.4 Å². The molecule has 0 spiro atoms. The van der Waals surface area contributed by atoms with Gasteiger partial charge in [-0.3, -0.25) is 14.9 Å². The van der Waals surface area contributed by atoms with Crippen LogP contribution in [0.15, 0.2) is 115 Å². The summed E-state index contributed by atoms with van der Waals surface area (Å²) in [6, 6.07) is 26.4. The molecule has 0 radical (unpaired) electrons. The van der Waals surface area contributed by atoms with E-state index in [4.69, 9.17) is 4.74 Å². The molecule has 4 heterocycles. The summed E-state index contributed by atoms with van der Waals surface area (Å²) in [5.41, 5.74) is 1.90. The van der Waals surface area contributed by atoms with E-state index in [-0.39, 0.29) is 6.04 Å². The third kappa shape index (κ3) is 6.88. The third-order valence-corrected chi connectivity index (χ3v) is 10.1. The summed E-state index contributed by atoms with van der Waals surface area (Å²) in [5, 5.41) is 1.47. The van der Waals surface area contributed by atoms with Crippen molar-refractivity contribution in [3.8, 4) is 5.75 Å². The number of ether oxygens (including phenoxy) is 1. The highest BCUT2D eigenvalue weighted by molar-refractivity contribution is 7.89. The number of rotatable bonds is 11. The quantitative estimate of drug-likeness (QED) is 0.214. The second-order valence-corrected chi connectivity index (χ2v) is 12.9. The van der Waals surface area contributed by atoms with Crippen LogP contribution in [0.2, 0.25) is 0 Å². The highest BCUT2D eigenvalue weighted by Crippen LogP contribution is 2.27. The number of aromatic nitrogens is 3. The number of likely N-dealkylation sites (N-methyl/N-ethyl adjacent to an activating group) is 1. The minimum Gasteiger partial charge on any atom is -0.487 e. The molecule has 1 saturated heterocycles. The van der Waals surface area contributed by atoms with E-state index in [0.29, 0.717) is 29.9 Å². The number of sulfonamides is 1. The summed E-state index contributed by atoms with van der Waals surface area (Å²) >= 11 is 0. The van der Waals surface area contributed by atoms with Gasteiger partial charge in [0.25, 0.3) is 0 Å². The number of hydrogen-bond acceptors (Lipinski definition) is 8. The molecule has 5 aromatic rings. The van der Waals surface area contributed by atoms with E-state index in [0.717, 1.165) is 54.4 Å². The van der Waals surface area contributed by atoms with Crippen molar-refractivity contribution in [3.05, 3.63) is 121 Å². The van der Waals surface area contributed by atoms with Crippen molar-refractivity contribution < 1.29 is 13.2 Å². The Morgan fingerprint density at radius 1 is 0.841 bits per heavy atom. The average Bonchev–Trinajstić information content (AvgIpc) is 3.08. The van der Waals surface area contributed by atoms with Gasteiger partial charge in [-0.2, -0.15) is 4.31 Å². The fraction of sp³-hybridized carbons (Fsp3) is 0.265. The molecule has 1 unspecified atom stereocenters. The van der Waals surface area contributed by atoms with E-state index in [1.165, 1.54) is 0 Å². The lowest BCUT2D eigenvalue weighted by Crippen LogP contribution is -2.52. The maximum atomic E-state index is 14.2. The topological polar surface area (TPSA) is 91.8 Å². The average molecular weight is 609 g/mol. The largest absolute Gasteiger partial charge is 0.487 e. The molecular formula is C34H36N6O3S. The highest BCUT2D eigenvalue weighted by Gasteiger charge is 2.32. The molecule has 10 heteroatoms. The maximum absolute atomic E-state index is 14.2. The molecule has 0 aliphatic carbocycles. The first-order valence-corrected chi connectivity index (χ1v) is 16.2. The van der Waals surface area contributed by atoms with Crippen LogP contribution in [-0.4, -0.2) is 78.4 Å². The molecule has 3 aromatic heterocycles. The molecule has 1 aliphatic heterocycles. The summed E-state index contributed by atoms with van der Waals surface area (Å²) < 4.78 is 35.8. The zero-order valence-corrected chi connectivity index (χ0v) is 25.6. The fourth-order valence-electron chi connectivity index (χ4n) is 5.61. The smallest absolute Gasteiger partial charge is 0.243 e. The van der Waals surface area contributed by atoms with Crippen molar-refractivity contribution in [1.82, 2.24) is 24.2 Å². The summed E-state index contributed by atoms with van der Waals surface area (Å²) in [7, 11) is -2.11. The SMILES string of the molecule is CN(C(Cc1ccc(OCc2ccccn2)cc1)CN1CCN(c2ccccn2)CC1)S(=O)(=O)c1cccc2cnccc12. The number of benzene rings is 2. The van der Waals surface area contributed by atoms with Crippen molar-refractivity contribution in [2.24, 2.45) is 0 Å². The molecule has 0 bridgehead atoms. The number of anilines is 1. The van der Waals surface area contributed by atoms with E-state index in [1.807, 2.05) is 72.9 Å². The second kappa shape index (κ2) is 13.5. The summed E-state index contributed by atoms with van der Waals surface area (Å²) in [5.74, 6) is 1.71. The van der Waals surface area contributed by atoms with Crippen molar-refractivity contribution >= 4 is 26.6 Å². The predicted octanol–water partition coefficient (Wildman–Crippen LogP) is 4.66. The molecule has 0 N–H and O–H groups in total. The minimum atomic E-state index is -3.81. The highest BCUT2D eigenvalue weighted by atomic mass is 32.2. The Morgan fingerprint density at radius 3 is 2.34 bits per heavy atom. The van der Waals surface area contributed by atoms with Crippen LogP contribution in [0.25, 0.3) is 10.8 Å². The zero-order valence-electron chi connectivity index (χ0n) is 24.7. The van der Waals surface area contributed by atoms with Gasteiger partial charge in [0.05, 0.1) is 10.6 Å². The number of piperazine rings is 1. The normalized spacial score (nSPS) is 15.0. The number of pyridine rings is 3. The van der Waals surface area contributed by atoms with E-state index in [1.54, 1.807) is 48.1 Å². The lowest BCUT2D eigenvalue weighted by atomic mass is 10.0. The Bertz CT molecular complexity index is 1760. The molecule has 1 fully saturated rings. The Labute approximate surface area is 258 Å². The molecule has 0 saturated carbocycles. The summed E-state index contributed by atoms with van der Waals surface area (Å²) in [6.45, 7) is 4.30. The number of fused-ring (bicyclic) bond motifs is 1. The van der Waals surface area contributed by atoms with Crippen molar-refractivity contribution in [2.45, 2.75) is 24.0 Å². The molecule has 0 amide bonds. The van der Waals surface area contributed by atoms with Crippen LogP contribution in [0.4, 0.5) is 5.82 Å². The first kappa shape index (κ1) is 29.7. The Balaban J connectivity index is 1.21. The van der Waals surface area contributed by atoms with Gasteiger partial charge in [0.1, 0.15) is 18.2 Å². The third-order valence-electron chi connectivity index (χ3n) is 8.13. The van der Waals surface area contributed by atoms with E-state index in [2.05, 4.69) is 24.8 Å². The Kier molecular flexibility index (Phi) is 9.11.